The second-order valence-electron chi connectivity index (χ2n) is 9.60. The number of anilines is 2. The second-order valence-corrected chi connectivity index (χ2v) is 9.60. The molecule has 1 unspecified atom stereocenters. The molecule has 180 valence electrons. The van der Waals surface area contributed by atoms with E-state index in [2.05, 4.69) is 15.7 Å². The zero-order valence-electron chi connectivity index (χ0n) is 19.6. The maximum Gasteiger partial charge on any atom is 0.261 e. The molecule has 1 atom stereocenters. The van der Waals surface area contributed by atoms with Gasteiger partial charge in [0.15, 0.2) is 17.3 Å². The Labute approximate surface area is 201 Å². The lowest BCUT2D eigenvalue weighted by atomic mass is 9.73. The summed E-state index contributed by atoms with van der Waals surface area (Å²) in [6, 6.07) is 9.79. The van der Waals surface area contributed by atoms with E-state index in [4.69, 9.17) is 4.74 Å². The highest BCUT2D eigenvalue weighted by molar-refractivity contribution is 6.08. The molecule has 1 aliphatic heterocycles. The van der Waals surface area contributed by atoms with Gasteiger partial charge >= 0.3 is 0 Å². The van der Waals surface area contributed by atoms with Crippen molar-refractivity contribution in [2.24, 2.45) is 5.41 Å². The maximum atomic E-state index is 13.3. The third-order valence-corrected chi connectivity index (χ3v) is 6.37. The van der Waals surface area contributed by atoms with Crippen LogP contribution in [0.3, 0.4) is 0 Å². The number of rotatable bonds is 4. The molecule has 5 rings (SSSR count). The number of allylic oxidation sites excluding steroid dienone is 2. The van der Waals surface area contributed by atoms with Gasteiger partial charge in [-0.2, -0.15) is 5.10 Å². The number of hydrogen-bond donors (Lipinski definition) is 3. The number of nitrogens with zero attached hydrogens (tertiary/aromatic N) is 2. The Hall–Kier alpha value is -4.14. The molecule has 2 aromatic carbocycles. The van der Waals surface area contributed by atoms with Gasteiger partial charge < -0.3 is 20.5 Å². The summed E-state index contributed by atoms with van der Waals surface area (Å²) in [5.74, 6) is -0.114. The third kappa shape index (κ3) is 4.03. The number of nitrogens with one attached hydrogen (secondary N) is 2. The number of methoxy groups -OCH3 is 1. The average molecular weight is 477 g/mol. The molecule has 0 spiro atoms. The molecule has 1 aliphatic carbocycles. The van der Waals surface area contributed by atoms with E-state index >= 15 is 0 Å². The summed E-state index contributed by atoms with van der Waals surface area (Å²) in [4.78, 5) is 26.5. The Kier molecular flexibility index (Phi) is 5.35. The molecule has 0 saturated heterocycles. The molecule has 1 amide bonds. The van der Waals surface area contributed by atoms with Crippen molar-refractivity contribution in [1.82, 2.24) is 9.78 Å². The van der Waals surface area contributed by atoms with Crippen molar-refractivity contribution in [3.05, 3.63) is 76.9 Å². The molecule has 0 fully saturated rings. The lowest BCUT2D eigenvalue weighted by Crippen LogP contribution is -2.37. The van der Waals surface area contributed by atoms with E-state index in [-0.39, 0.29) is 28.3 Å². The highest BCUT2D eigenvalue weighted by atomic mass is 19.1. The van der Waals surface area contributed by atoms with Crippen LogP contribution in [0.2, 0.25) is 0 Å². The number of aromatic nitrogens is 2. The number of phenolic OH excluding ortho intramolecular Hbond substituents is 1. The van der Waals surface area contributed by atoms with Crippen molar-refractivity contribution in [2.75, 3.05) is 17.7 Å². The summed E-state index contributed by atoms with van der Waals surface area (Å²) < 4.78 is 20.2. The van der Waals surface area contributed by atoms with E-state index < -0.39 is 17.8 Å². The molecule has 0 saturated carbocycles. The fourth-order valence-electron chi connectivity index (χ4n) is 4.78. The van der Waals surface area contributed by atoms with Crippen molar-refractivity contribution in [2.45, 2.75) is 32.7 Å². The van der Waals surface area contributed by atoms with Crippen LogP contribution in [0.1, 0.15) is 48.7 Å². The van der Waals surface area contributed by atoms with Crippen LogP contribution in [0, 0.1) is 11.2 Å². The van der Waals surface area contributed by atoms with Crippen molar-refractivity contribution >= 4 is 23.2 Å². The average Bonchev–Trinajstić information content (AvgIpc) is 3.22. The molecular weight excluding hydrogens is 451 g/mol. The number of carbonyl (C=O) groups is 2. The molecule has 35 heavy (non-hydrogen) atoms. The van der Waals surface area contributed by atoms with Crippen molar-refractivity contribution in [3.63, 3.8) is 0 Å². The number of phenols is 1. The van der Waals surface area contributed by atoms with Crippen LogP contribution >= 0.6 is 0 Å². The predicted molar refractivity (Wildman–Crippen MR) is 128 cm³/mol. The van der Waals surface area contributed by atoms with Gasteiger partial charge in [0, 0.05) is 23.4 Å². The molecule has 8 nitrogen and oxygen atoms in total. The molecule has 1 aromatic heterocycles. The molecule has 2 aliphatic rings. The van der Waals surface area contributed by atoms with Gasteiger partial charge in [-0.1, -0.05) is 19.9 Å². The van der Waals surface area contributed by atoms with Gasteiger partial charge in [-0.25, -0.2) is 9.07 Å². The van der Waals surface area contributed by atoms with Gasteiger partial charge in [-0.15, -0.1) is 0 Å². The first-order valence-corrected chi connectivity index (χ1v) is 11.2. The quantitative estimate of drug-likeness (QED) is 0.506. The smallest absolute Gasteiger partial charge is 0.261 e. The van der Waals surface area contributed by atoms with Gasteiger partial charge in [0.05, 0.1) is 13.3 Å². The summed E-state index contributed by atoms with van der Waals surface area (Å²) in [5.41, 5.74) is 2.49. The molecule has 0 radical (unpaired) electrons. The molecule has 0 bridgehead atoms. The summed E-state index contributed by atoms with van der Waals surface area (Å²) in [5, 5.41) is 20.6. The first kappa shape index (κ1) is 22.6. The van der Waals surface area contributed by atoms with Crippen molar-refractivity contribution in [1.29, 1.82) is 0 Å². The largest absolute Gasteiger partial charge is 0.504 e. The van der Waals surface area contributed by atoms with Gasteiger partial charge in [-0.3, -0.25) is 9.59 Å². The van der Waals surface area contributed by atoms with E-state index in [1.807, 2.05) is 13.8 Å². The monoisotopic (exact) mass is 476 g/mol. The van der Waals surface area contributed by atoms with E-state index in [1.165, 1.54) is 43.6 Å². The normalized spacial score (nSPS) is 18.4. The number of ether oxygens (including phenoxy) is 1. The Morgan fingerprint density at radius 2 is 1.97 bits per heavy atom. The lowest BCUT2D eigenvalue weighted by molar-refractivity contribution is -0.118. The van der Waals surface area contributed by atoms with Crippen LogP contribution in [-0.2, 0) is 4.79 Å². The van der Waals surface area contributed by atoms with Crippen LogP contribution in [0.25, 0.3) is 0 Å². The zero-order valence-corrected chi connectivity index (χ0v) is 19.6. The minimum Gasteiger partial charge on any atom is -0.504 e. The highest BCUT2D eigenvalue weighted by Gasteiger charge is 2.42. The Morgan fingerprint density at radius 1 is 1.23 bits per heavy atom. The zero-order chi connectivity index (χ0) is 24.9. The molecule has 2 heterocycles. The molecule has 9 heteroatoms. The fourth-order valence-corrected chi connectivity index (χ4v) is 4.78. The SMILES string of the molecule is COc1cc(C2C3=C(CC(C)(C)CC3=O)Nc3c(C(=O)Nc4ccc(F)cc4)cnn32)ccc1O. The number of halogens is 1. The number of aromatic hydroxyl groups is 1. The number of hydrogen-bond acceptors (Lipinski definition) is 6. The summed E-state index contributed by atoms with van der Waals surface area (Å²) in [6.45, 7) is 4.06. The molecule has 3 N–H and O–H groups in total. The van der Waals surface area contributed by atoms with Crippen molar-refractivity contribution in [3.8, 4) is 11.5 Å². The summed E-state index contributed by atoms with van der Waals surface area (Å²) in [6.07, 6.45) is 2.44. The second kappa shape index (κ2) is 8.26. The van der Waals surface area contributed by atoms with Gasteiger partial charge in [0.25, 0.3) is 5.91 Å². The third-order valence-electron chi connectivity index (χ3n) is 6.37. The number of carbonyl (C=O) groups excluding carboxylic acids is 2. The minimum atomic E-state index is -0.605. The Morgan fingerprint density at radius 3 is 2.69 bits per heavy atom. The van der Waals surface area contributed by atoms with E-state index in [9.17, 15) is 19.1 Å². The molecule has 3 aromatic rings. The van der Waals surface area contributed by atoms with Gasteiger partial charge in [-0.05, 0) is 53.8 Å². The van der Waals surface area contributed by atoms with Crippen LogP contribution in [0.4, 0.5) is 15.9 Å². The Bertz CT molecular complexity index is 1370. The van der Waals surface area contributed by atoms with Crippen LogP contribution < -0.4 is 15.4 Å². The van der Waals surface area contributed by atoms with Gasteiger partial charge in [0.2, 0.25) is 0 Å². The summed E-state index contributed by atoms with van der Waals surface area (Å²) in [7, 11) is 1.46. The fraction of sp³-hybridized carbons (Fsp3) is 0.269. The van der Waals surface area contributed by atoms with E-state index in [0.29, 0.717) is 35.5 Å². The van der Waals surface area contributed by atoms with Crippen LogP contribution in [-0.4, -0.2) is 33.7 Å². The summed E-state index contributed by atoms with van der Waals surface area (Å²) >= 11 is 0. The predicted octanol–water partition coefficient (Wildman–Crippen LogP) is 4.65. The number of ketones is 1. The first-order chi connectivity index (χ1) is 16.7. The van der Waals surface area contributed by atoms with Crippen LogP contribution in [0.15, 0.2) is 59.9 Å². The Balaban J connectivity index is 1.61. The van der Waals surface area contributed by atoms with Crippen LogP contribution in [0.5, 0.6) is 11.5 Å². The maximum absolute atomic E-state index is 13.3. The number of benzene rings is 2. The van der Waals surface area contributed by atoms with Crippen molar-refractivity contribution < 1.29 is 23.8 Å². The minimum absolute atomic E-state index is 0.000689. The number of amides is 1. The first-order valence-electron chi connectivity index (χ1n) is 11.2. The van der Waals surface area contributed by atoms with E-state index in [0.717, 1.165) is 5.70 Å². The lowest BCUT2D eigenvalue weighted by Gasteiger charge is -2.39. The van der Waals surface area contributed by atoms with Gasteiger partial charge in [0.1, 0.15) is 23.2 Å². The number of fused-ring (bicyclic) bond motifs is 1. The topological polar surface area (TPSA) is 105 Å². The standard InChI is InChI=1S/C26H25FN4O4/c1-26(2)11-18-22(20(33)12-26)23(14-4-9-19(32)21(10-14)35-3)31-24(30-18)17(13-28-31)25(34)29-16-7-5-15(27)6-8-16/h4-10,13,23,30,32H,11-12H2,1-3H3,(H,29,34). The molecular formula is C26H25FN4O4. The van der Waals surface area contributed by atoms with E-state index in [1.54, 1.807) is 16.8 Å². The highest BCUT2D eigenvalue weighted by Crippen LogP contribution is 2.47. The number of Topliss-reactive ketones (excluding diaryl/α,β-unsaturated/α-hetero) is 1.